The Kier molecular flexibility index (Phi) is 6.50. The lowest BCUT2D eigenvalue weighted by atomic mass is 10.2. The van der Waals surface area contributed by atoms with Crippen LogP contribution in [0.5, 0.6) is 11.5 Å². The minimum absolute atomic E-state index is 0.359. The molecule has 0 bridgehead atoms. The van der Waals surface area contributed by atoms with E-state index in [0.717, 1.165) is 6.08 Å². The number of benzene rings is 1. The third-order valence-electron chi connectivity index (χ3n) is 2.33. The van der Waals surface area contributed by atoms with Crippen LogP contribution in [-0.4, -0.2) is 31.3 Å². The van der Waals surface area contributed by atoms with Crippen LogP contribution in [0.25, 0.3) is 16.5 Å². The van der Waals surface area contributed by atoms with Crippen LogP contribution in [0.4, 0.5) is 0 Å². The Bertz CT molecular complexity index is 536. The third-order valence-corrected chi connectivity index (χ3v) is 2.33. The van der Waals surface area contributed by atoms with E-state index in [2.05, 4.69) is 10.0 Å². The Morgan fingerprint density at radius 1 is 1.50 bits per heavy atom. The molecule has 20 heavy (non-hydrogen) atoms. The van der Waals surface area contributed by atoms with Gasteiger partial charge in [-0.1, -0.05) is 11.2 Å². The number of hydrogen-bond acceptors (Lipinski definition) is 4. The van der Waals surface area contributed by atoms with Gasteiger partial charge < -0.3 is 14.6 Å². The summed E-state index contributed by atoms with van der Waals surface area (Å²) in [6.07, 6.45) is 3.10. The molecule has 0 atom stereocenters. The summed E-state index contributed by atoms with van der Waals surface area (Å²) < 4.78 is 10.7. The Hall–Kier alpha value is -2.66. The molecule has 0 aliphatic rings. The van der Waals surface area contributed by atoms with Crippen molar-refractivity contribution in [2.75, 3.05) is 20.3 Å². The van der Waals surface area contributed by atoms with E-state index in [0.29, 0.717) is 36.6 Å². The SMILES string of the molecule is COc1ccc(/C=C/C(=O)O)cc1OCCCN=[N+]=[N-]. The zero-order valence-corrected chi connectivity index (χ0v) is 11.0. The Balaban J connectivity index is 2.72. The molecule has 1 N–H and O–H groups in total. The minimum atomic E-state index is -1.02. The summed E-state index contributed by atoms with van der Waals surface area (Å²) >= 11 is 0. The second-order valence-electron chi connectivity index (χ2n) is 3.74. The fourth-order valence-electron chi connectivity index (χ4n) is 1.44. The van der Waals surface area contributed by atoms with Crippen LogP contribution < -0.4 is 9.47 Å². The van der Waals surface area contributed by atoms with Crippen LogP contribution in [0.15, 0.2) is 29.4 Å². The predicted octanol–water partition coefficient (Wildman–Crippen LogP) is 2.87. The lowest BCUT2D eigenvalue weighted by Crippen LogP contribution is -2.01. The van der Waals surface area contributed by atoms with Gasteiger partial charge in [0.15, 0.2) is 11.5 Å². The highest BCUT2D eigenvalue weighted by Gasteiger charge is 2.04. The summed E-state index contributed by atoms with van der Waals surface area (Å²) in [7, 11) is 1.52. The van der Waals surface area contributed by atoms with E-state index >= 15 is 0 Å². The summed E-state index contributed by atoms with van der Waals surface area (Å²) in [6.45, 7) is 0.735. The monoisotopic (exact) mass is 277 g/mol. The van der Waals surface area contributed by atoms with Gasteiger partial charge in [0, 0.05) is 17.5 Å². The highest BCUT2D eigenvalue weighted by atomic mass is 16.5. The molecule has 0 amide bonds. The normalized spacial score (nSPS) is 10.1. The first-order valence-electron chi connectivity index (χ1n) is 5.90. The lowest BCUT2D eigenvalue weighted by Gasteiger charge is -2.10. The van der Waals surface area contributed by atoms with Gasteiger partial charge >= 0.3 is 5.97 Å². The van der Waals surface area contributed by atoms with Crippen molar-refractivity contribution in [2.45, 2.75) is 6.42 Å². The summed E-state index contributed by atoms with van der Waals surface area (Å²) in [4.78, 5) is 13.1. The van der Waals surface area contributed by atoms with E-state index in [1.54, 1.807) is 18.2 Å². The maximum atomic E-state index is 10.5. The number of nitrogens with zero attached hydrogens (tertiary/aromatic N) is 3. The molecule has 1 rings (SSSR count). The molecule has 0 unspecified atom stereocenters. The van der Waals surface area contributed by atoms with Crippen LogP contribution in [0.3, 0.4) is 0 Å². The van der Waals surface area contributed by atoms with Crippen molar-refractivity contribution in [1.29, 1.82) is 0 Å². The predicted molar refractivity (Wildman–Crippen MR) is 73.8 cm³/mol. The maximum absolute atomic E-state index is 10.5. The van der Waals surface area contributed by atoms with Gasteiger partial charge in [-0.25, -0.2) is 4.79 Å². The van der Waals surface area contributed by atoms with Crippen molar-refractivity contribution in [3.63, 3.8) is 0 Å². The number of carbonyl (C=O) groups is 1. The second-order valence-corrected chi connectivity index (χ2v) is 3.74. The van der Waals surface area contributed by atoms with E-state index in [1.807, 2.05) is 0 Å². The van der Waals surface area contributed by atoms with Gasteiger partial charge in [-0.3, -0.25) is 0 Å². The van der Waals surface area contributed by atoms with E-state index in [1.165, 1.54) is 13.2 Å². The Labute approximate surface area is 116 Å². The molecule has 0 fully saturated rings. The molecule has 7 nitrogen and oxygen atoms in total. The molecule has 0 radical (unpaired) electrons. The van der Waals surface area contributed by atoms with Crippen molar-refractivity contribution >= 4 is 12.0 Å². The fourth-order valence-corrected chi connectivity index (χ4v) is 1.44. The van der Waals surface area contributed by atoms with E-state index in [4.69, 9.17) is 20.1 Å². The zero-order chi connectivity index (χ0) is 14.8. The van der Waals surface area contributed by atoms with Crippen LogP contribution in [-0.2, 0) is 4.79 Å². The smallest absolute Gasteiger partial charge is 0.328 e. The van der Waals surface area contributed by atoms with Crippen molar-refractivity contribution in [3.8, 4) is 11.5 Å². The number of methoxy groups -OCH3 is 1. The number of rotatable bonds is 8. The van der Waals surface area contributed by atoms with E-state index in [-0.39, 0.29) is 0 Å². The topological polar surface area (TPSA) is 105 Å². The first-order chi connectivity index (χ1) is 9.67. The molecule has 7 heteroatoms. The highest BCUT2D eigenvalue weighted by Crippen LogP contribution is 2.28. The van der Waals surface area contributed by atoms with E-state index in [9.17, 15) is 4.79 Å². The van der Waals surface area contributed by atoms with Gasteiger partial charge in [0.1, 0.15) is 0 Å². The number of hydrogen-bond donors (Lipinski definition) is 1. The van der Waals surface area contributed by atoms with Crippen LogP contribution in [0.1, 0.15) is 12.0 Å². The summed E-state index contributed by atoms with van der Waals surface area (Å²) in [5.74, 6) is 0.0555. The summed E-state index contributed by atoms with van der Waals surface area (Å²) in [5.41, 5.74) is 8.84. The van der Waals surface area contributed by atoms with Gasteiger partial charge in [-0.05, 0) is 35.7 Å². The molecular weight excluding hydrogens is 262 g/mol. The van der Waals surface area contributed by atoms with Gasteiger partial charge in [0.2, 0.25) is 0 Å². The van der Waals surface area contributed by atoms with Crippen molar-refractivity contribution in [2.24, 2.45) is 5.11 Å². The molecule has 0 aromatic heterocycles. The van der Waals surface area contributed by atoms with E-state index < -0.39 is 5.97 Å². The minimum Gasteiger partial charge on any atom is -0.493 e. The van der Waals surface area contributed by atoms with Gasteiger partial charge in [-0.15, -0.1) is 0 Å². The quantitative estimate of drug-likeness (QED) is 0.259. The maximum Gasteiger partial charge on any atom is 0.328 e. The molecule has 0 saturated carbocycles. The second kappa shape index (κ2) is 8.44. The molecule has 0 spiro atoms. The number of ether oxygens (including phenoxy) is 2. The molecule has 0 saturated heterocycles. The lowest BCUT2D eigenvalue weighted by molar-refractivity contribution is -0.131. The number of carboxylic acid groups (broad SMARTS) is 1. The van der Waals surface area contributed by atoms with Gasteiger partial charge in [-0.2, -0.15) is 0 Å². The van der Waals surface area contributed by atoms with Crippen molar-refractivity contribution in [3.05, 3.63) is 40.3 Å². The Morgan fingerprint density at radius 2 is 2.30 bits per heavy atom. The largest absolute Gasteiger partial charge is 0.493 e. The molecule has 1 aromatic carbocycles. The molecule has 0 heterocycles. The van der Waals surface area contributed by atoms with Gasteiger partial charge in [0.05, 0.1) is 13.7 Å². The highest BCUT2D eigenvalue weighted by molar-refractivity contribution is 5.85. The molecule has 1 aromatic rings. The number of aliphatic carboxylic acids is 1. The molecule has 0 aliphatic carbocycles. The Morgan fingerprint density at radius 3 is 2.95 bits per heavy atom. The summed E-state index contributed by atoms with van der Waals surface area (Å²) in [6, 6.07) is 5.11. The average Bonchev–Trinajstić information content (AvgIpc) is 2.45. The third kappa shape index (κ3) is 5.32. The number of azide groups is 1. The standard InChI is InChI=1S/C13H15N3O4/c1-19-11-5-3-10(4-6-13(17)18)9-12(11)20-8-2-7-15-16-14/h3-6,9H,2,7-8H2,1H3,(H,17,18)/b6-4+. The van der Waals surface area contributed by atoms with Crippen LogP contribution >= 0.6 is 0 Å². The van der Waals surface area contributed by atoms with Crippen LogP contribution in [0.2, 0.25) is 0 Å². The molecular formula is C13H15N3O4. The van der Waals surface area contributed by atoms with Crippen molar-refractivity contribution in [1.82, 2.24) is 0 Å². The average molecular weight is 277 g/mol. The zero-order valence-electron chi connectivity index (χ0n) is 11.0. The fraction of sp³-hybridized carbons (Fsp3) is 0.308. The number of carboxylic acids is 1. The summed E-state index contributed by atoms with van der Waals surface area (Å²) in [5, 5.41) is 12.0. The first-order valence-corrected chi connectivity index (χ1v) is 5.90. The first kappa shape index (κ1) is 15.4. The molecule has 0 aliphatic heterocycles. The van der Waals surface area contributed by atoms with Crippen LogP contribution in [0, 0.1) is 0 Å². The van der Waals surface area contributed by atoms with Crippen molar-refractivity contribution < 1.29 is 19.4 Å². The molecule has 106 valence electrons. The van der Waals surface area contributed by atoms with Gasteiger partial charge in [0.25, 0.3) is 0 Å².